The predicted molar refractivity (Wildman–Crippen MR) is 68.8 cm³/mol. The van der Waals surface area contributed by atoms with Crippen molar-refractivity contribution in [1.82, 2.24) is 0 Å². The summed E-state index contributed by atoms with van der Waals surface area (Å²) in [7, 11) is 0. The summed E-state index contributed by atoms with van der Waals surface area (Å²) >= 11 is 0. The maximum Gasteiger partial charge on any atom is 0.211 e. The maximum absolute atomic E-state index is 5.21. The Kier molecular flexibility index (Phi) is 3.66. The summed E-state index contributed by atoms with van der Waals surface area (Å²) in [6, 6.07) is 2.17. The Hall–Kier alpha value is -1.84. The van der Waals surface area contributed by atoms with Crippen LogP contribution < -0.4 is 11.5 Å². The van der Waals surface area contributed by atoms with Gasteiger partial charge in [0.1, 0.15) is 0 Å². The van der Waals surface area contributed by atoms with Crippen molar-refractivity contribution in [1.29, 1.82) is 0 Å². The molecule has 1 aromatic rings. The topological polar surface area (TPSA) is 76.8 Å². The molecular weight excluding hydrogens is 200 g/mol. The lowest BCUT2D eigenvalue weighted by Crippen LogP contribution is -2.21. The summed E-state index contributed by atoms with van der Waals surface area (Å²) in [5.74, 6) is -0.0315. The van der Waals surface area contributed by atoms with Crippen LogP contribution in [0.5, 0.6) is 0 Å². The van der Waals surface area contributed by atoms with Crippen LogP contribution >= 0.6 is 0 Å². The van der Waals surface area contributed by atoms with Crippen LogP contribution in [0.15, 0.2) is 16.3 Å². The Bertz CT molecular complexity index is 428. The molecule has 0 spiro atoms. The van der Waals surface area contributed by atoms with Gasteiger partial charge in [-0.15, -0.1) is 5.10 Å². The lowest BCUT2D eigenvalue weighted by Gasteiger charge is -2.10. The van der Waals surface area contributed by atoms with Crippen molar-refractivity contribution in [3.8, 4) is 0 Å². The normalized spacial score (nSPS) is 10.8. The van der Waals surface area contributed by atoms with Crippen LogP contribution in [0, 0.1) is 27.7 Å². The molecule has 1 aromatic carbocycles. The molecular formula is C12H18N4. The van der Waals surface area contributed by atoms with Crippen molar-refractivity contribution in [2.75, 3.05) is 0 Å². The van der Waals surface area contributed by atoms with Crippen molar-refractivity contribution in [2.45, 2.75) is 27.7 Å². The molecule has 0 fully saturated rings. The minimum atomic E-state index is -0.0315. The number of guanidine groups is 1. The molecule has 0 saturated carbocycles. The van der Waals surface area contributed by atoms with Gasteiger partial charge in [-0.1, -0.05) is 6.07 Å². The average molecular weight is 218 g/mol. The Balaban J connectivity index is 3.23. The molecule has 0 atom stereocenters. The number of hydrogen-bond acceptors (Lipinski definition) is 2. The maximum atomic E-state index is 5.21. The van der Waals surface area contributed by atoms with Gasteiger partial charge in [-0.3, -0.25) is 0 Å². The molecule has 4 nitrogen and oxygen atoms in total. The molecule has 0 saturated heterocycles. The van der Waals surface area contributed by atoms with Crippen molar-refractivity contribution >= 4 is 12.2 Å². The molecule has 0 aliphatic heterocycles. The largest absolute Gasteiger partial charge is 0.369 e. The van der Waals surface area contributed by atoms with Gasteiger partial charge in [-0.2, -0.15) is 5.10 Å². The average Bonchev–Trinajstić information content (AvgIpc) is 2.20. The Morgan fingerprint density at radius 2 is 1.56 bits per heavy atom. The highest BCUT2D eigenvalue weighted by molar-refractivity contribution is 5.85. The third-order valence-corrected chi connectivity index (χ3v) is 2.78. The van der Waals surface area contributed by atoms with Crippen molar-refractivity contribution < 1.29 is 0 Å². The SMILES string of the molecule is Cc1cc(C)c(C)c(C=NN=C(N)N)c1C. The van der Waals surface area contributed by atoms with E-state index in [9.17, 15) is 0 Å². The molecule has 0 aromatic heterocycles. The minimum Gasteiger partial charge on any atom is -0.369 e. The van der Waals surface area contributed by atoms with Crippen LogP contribution in [-0.4, -0.2) is 12.2 Å². The zero-order chi connectivity index (χ0) is 12.3. The third-order valence-electron chi connectivity index (χ3n) is 2.78. The first kappa shape index (κ1) is 12.2. The summed E-state index contributed by atoms with van der Waals surface area (Å²) in [5.41, 5.74) is 16.4. The van der Waals surface area contributed by atoms with Gasteiger partial charge >= 0.3 is 0 Å². The lowest BCUT2D eigenvalue weighted by atomic mass is 9.95. The zero-order valence-electron chi connectivity index (χ0n) is 10.2. The first-order valence-corrected chi connectivity index (χ1v) is 5.13. The molecule has 4 N–H and O–H groups in total. The van der Waals surface area contributed by atoms with E-state index >= 15 is 0 Å². The lowest BCUT2D eigenvalue weighted by molar-refractivity contribution is 1.19. The summed E-state index contributed by atoms with van der Waals surface area (Å²) in [6.45, 7) is 8.30. The summed E-state index contributed by atoms with van der Waals surface area (Å²) in [4.78, 5) is 0. The molecule has 0 aliphatic carbocycles. The van der Waals surface area contributed by atoms with E-state index in [4.69, 9.17) is 11.5 Å². The fourth-order valence-corrected chi connectivity index (χ4v) is 1.59. The zero-order valence-corrected chi connectivity index (χ0v) is 10.2. The third kappa shape index (κ3) is 2.59. The summed E-state index contributed by atoms with van der Waals surface area (Å²) < 4.78 is 0. The van der Waals surface area contributed by atoms with Crippen LogP contribution in [0.2, 0.25) is 0 Å². The molecule has 0 radical (unpaired) electrons. The Morgan fingerprint density at radius 3 is 2.00 bits per heavy atom. The first-order chi connectivity index (χ1) is 7.43. The molecule has 0 unspecified atom stereocenters. The van der Waals surface area contributed by atoms with Gasteiger partial charge in [0.15, 0.2) is 0 Å². The molecule has 4 heteroatoms. The highest BCUT2D eigenvalue weighted by atomic mass is 15.3. The first-order valence-electron chi connectivity index (χ1n) is 5.13. The minimum absolute atomic E-state index is 0.0315. The molecule has 1 rings (SSSR count). The molecule has 0 aliphatic rings. The van der Waals surface area contributed by atoms with Crippen LogP contribution in [-0.2, 0) is 0 Å². The van der Waals surface area contributed by atoms with Gasteiger partial charge in [0.05, 0.1) is 6.21 Å². The molecule has 0 bridgehead atoms. The predicted octanol–water partition coefficient (Wildman–Crippen LogP) is 1.53. The van der Waals surface area contributed by atoms with E-state index in [0.717, 1.165) is 5.56 Å². The highest BCUT2D eigenvalue weighted by Crippen LogP contribution is 2.19. The molecule has 0 amide bonds. The molecule has 16 heavy (non-hydrogen) atoms. The van der Waals surface area contributed by atoms with E-state index in [1.807, 2.05) is 0 Å². The van der Waals surface area contributed by atoms with E-state index in [1.54, 1.807) is 6.21 Å². The highest BCUT2D eigenvalue weighted by Gasteiger charge is 2.05. The number of nitrogens with two attached hydrogens (primary N) is 2. The van der Waals surface area contributed by atoms with Crippen molar-refractivity contribution in [3.63, 3.8) is 0 Å². The second-order valence-corrected chi connectivity index (χ2v) is 3.94. The Labute approximate surface area is 96.1 Å². The van der Waals surface area contributed by atoms with Gasteiger partial charge in [0.2, 0.25) is 5.96 Å². The van der Waals surface area contributed by atoms with Crippen LogP contribution in [0.1, 0.15) is 27.8 Å². The standard InChI is InChI=1S/C12H18N4/c1-7-5-8(2)10(4)11(9(7)3)6-15-16-12(13)14/h5-6H,1-4H3,(H4,13,14,16). The summed E-state index contributed by atoms with van der Waals surface area (Å²) in [5, 5.41) is 7.46. The fraction of sp³-hybridized carbons (Fsp3) is 0.333. The van der Waals surface area contributed by atoms with E-state index in [0.29, 0.717) is 0 Å². The quantitative estimate of drug-likeness (QED) is 0.448. The number of nitrogens with zero attached hydrogens (tertiary/aromatic N) is 2. The second-order valence-electron chi connectivity index (χ2n) is 3.94. The van der Waals surface area contributed by atoms with Gasteiger partial charge in [0.25, 0.3) is 0 Å². The van der Waals surface area contributed by atoms with E-state index in [2.05, 4.69) is 44.0 Å². The Morgan fingerprint density at radius 1 is 1.06 bits per heavy atom. The van der Waals surface area contributed by atoms with E-state index in [-0.39, 0.29) is 5.96 Å². The second kappa shape index (κ2) is 4.79. The van der Waals surface area contributed by atoms with Gasteiger partial charge in [-0.25, -0.2) is 0 Å². The molecule has 0 heterocycles. The summed E-state index contributed by atoms with van der Waals surface area (Å²) in [6.07, 6.45) is 1.70. The van der Waals surface area contributed by atoms with E-state index in [1.165, 1.54) is 22.3 Å². The van der Waals surface area contributed by atoms with Gasteiger partial charge < -0.3 is 11.5 Å². The molecule has 86 valence electrons. The monoisotopic (exact) mass is 218 g/mol. The number of aryl methyl sites for hydroxylation is 2. The number of benzene rings is 1. The van der Waals surface area contributed by atoms with Gasteiger partial charge in [0, 0.05) is 5.56 Å². The van der Waals surface area contributed by atoms with Crippen molar-refractivity contribution in [2.24, 2.45) is 21.7 Å². The van der Waals surface area contributed by atoms with E-state index < -0.39 is 0 Å². The fourth-order valence-electron chi connectivity index (χ4n) is 1.59. The van der Waals surface area contributed by atoms with Crippen molar-refractivity contribution in [3.05, 3.63) is 33.9 Å². The van der Waals surface area contributed by atoms with Crippen LogP contribution in [0.3, 0.4) is 0 Å². The number of hydrogen-bond donors (Lipinski definition) is 2. The van der Waals surface area contributed by atoms with Crippen LogP contribution in [0.4, 0.5) is 0 Å². The van der Waals surface area contributed by atoms with Gasteiger partial charge in [-0.05, 0) is 49.9 Å². The smallest absolute Gasteiger partial charge is 0.211 e. The van der Waals surface area contributed by atoms with Crippen LogP contribution in [0.25, 0.3) is 0 Å². The number of rotatable bonds is 2.